The number of rotatable bonds is 17. The minimum atomic E-state index is -0.623. The number of hydrogen-bond donors (Lipinski definition) is 2. The van der Waals surface area contributed by atoms with E-state index in [-0.39, 0.29) is 5.91 Å². The summed E-state index contributed by atoms with van der Waals surface area (Å²) >= 11 is 0. The van der Waals surface area contributed by atoms with E-state index in [0.717, 1.165) is 18.4 Å². The Kier molecular flexibility index (Phi) is 14.7. The predicted molar refractivity (Wildman–Crippen MR) is 115 cm³/mol. The van der Waals surface area contributed by atoms with Crippen molar-refractivity contribution in [3.63, 3.8) is 0 Å². The monoisotopic (exact) mass is 375 g/mol. The Bertz CT molecular complexity index is 461. The highest BCUT2D eigenvalue weighted by Gasteiger charge is 2.08. The molecule has 0 heterocycles. The van der Waals surface area contributed by atoms with Gasteiger partial charge < -0.3 is 10.4 Å². The van der Waals surface area contributed by atoms with Gasteiger partial charge in [0.15, 0.2) is 0 Å². The van der Waals surface area contributed by atoms with Gasteiger partial charge in [-0.05, 0) is 12.0 Å². The zero-order valence-corrected chi connectivity index (χ0v) is 17.4. The minimum absolute atomic E-state index is 0.0491. The molecule has 0 aliphatic heterocycles. The molecule has 3 heteroatoms. The van der Waals surface area contributed by atoms with Crippen LogP contribution in [0.1, 0.15) is 108 Å². The van der Waals surface area contributed by atoms with Crippen LogP contribution in [0.3, 0.4) is 0 Å². The first kappa shape index (κ1) is 23.7. The van der Waals surface area contributed by atoms with E-state index in [0.29, 0.717) is 13.0 Å². The van der Waals surface area contributed by atoms with Crippen LogP contribution in [0.15, 0.2) is 30.3 Å². The van der Waals surface area contributed by atoms with Gasteiger partial charge in [0.25, 0.3) is 0 Å². The van der Waals surface area contributed by atoms with Crippen molar-refractivity contribution in [3.8, 4) is 0 Å². The van der Waals surface area contributed by atoms with Crippen molar-refractivity contribution in [1.82, 2.24) is 5.32 Å². The van der Waals surface area contributed by atoms with Crippen LogP contribution in [-0.4, -0.2) is 17.6 Å². The molecule has 27 heavy (non-hydrogen) atoms. The van der Waals surface area contributed by atoms with E-state index in [2.05, 4.69) is 12.2 Å². The summed E-state index contributed by atoms with van der Waals surface area (Å²) in [6.07, 6.45) is 17.0. The third kappa shape index (κ3) is 13.5. The molecule has 154 valence electrons. The quantitative estimate of drug-likeness (QED) is 0.313. The van der Waals surface area contributed by atoms with Crippen molar-refractivity contribution in [2.45, 2.75) is 103 Å². The van der Waals surface area contributed by atoms with Crippen molar-refractivity contribution in [2.75, 3.05) is 6.54 Å². The van der Waals surface area contributed by atoms with Crippen molar-refractivity contribution < 1.29 is 9.90 Å². The largest absolute Gasteiger partial charge is 0.387 e. The van der Waals surface area contributed by atoms with Gasteiger partial charge >= 0.3 is 0 Å². The molecular formula is C24H41NO2. The van der Waals surface area contributed by atoms with E-state index >= 15 is 0 Å². The first-order valence-corrected chi connectivity index (χ1v) is 11.2. The van der Waals surface area contributed by atoms with Gasteiger partial charge in [0, 0.05) is 13.0 Å². The van der Waals surface area contributed by atoms with Gasteiger partial charge in [-0.2, -0.15) is 0 Å². The average Bonchev–Trinajstić information content (AvgIpc) is 2.70. The fourth-order valence-electron chi connectivity index (χ4n) is 3.40. The number of benzene rings is 1. The molecule has 0 aliphatic rings. The van der Waals surface area contributed by atoms with Gasteiger partial charge in [-0.3, -0.25) is 4.79 Å². The average molecular weight is 376 g/mol. The third-order valence-electron chi connectivity index (χ3n) is 5.18. The molecule has 1 rings (SSSR count). The second-order valence-electron chi connectivity index (χ2n) is 7.72. The predicted octanol–water partition coefficient (Wildman–Crippen LogP) is 6.32. The summed E-state index contributed by atoms with van der Waals surface area (Å²) in [4.78, 5) is 11.9. The lowest BCUT2D eigenvalue weighted by Gasteiger charge is -2.12. The number of unbranched alkanes of at least 4 members (excludes halogenated alkanes) is 12. The van der Waals surface area contributed by atoms with Gasteiger partial charge in [-0.1, -0.05) is 114 Å². The number of nitrogens with one attached hydrogen (secondary N) is 1. The van der Waals surface area contributed by atoms with Crippen molar-refractivity contribution in [2.24, 2.45) is 0 Å². The first-order valence-electron chi connectivity index (χ1n) is 11.2. The number of amides is 1. The lowest BCUT2D eigenvalue weighted by atomic mass is 10.0. The molecule has 0 spiro atoms. The SMILES string of the molecule is CCCCCCCCCCCCCCCC(=O)NCC(O)c1ccccc1. The molecule has 1 aromatic rings. The Morgan fingerprint density at radius 3 is 1.81 bits per heavy atom. The minimum Gasteiger partial charge on any atom is -0.387 e. The molecular weight excluding hydrogens is 334 g/mol. The summed E-state index contributed by atoms with van der Waals surface area (Å²) in [7, 11) is 0. The maximum absolute atomic E-state index is 11.9. The lowest BCUT2D eigenvalue weighted by Crippen LogP contribution is -2.28. The molecule has 0 bridgehead atoms. The Balaban J connectivity index is 1.86. The summed E-state index contributed by atoms with van der Waals surface area (Å²) in [5, 5.41) is 12.9. The zero-order chi connectivity index (χ0) is 19.6. The standard InChI is InChI=1S/C24H41NO2/c1-2-3-4-5-6-7-8-9-10-11-12-13-17-20-24(27)25-21-23(26)22-18-15-14-16-19-22/h14-16,18-19,23,26H,2-13,17,20-21H2,1H3,(H,25,27). The Morgan fingerprint density at radius 1 is 0.815 bits per heavy atom. The summed E-state index contributed by atoms with van der Waals surface area (Å²) in [6.45, 7) is 2.56. The third-order valence-corrected chi connectivity index (χ3v) is 5.18. The number of carbonyl (C=O) groups excluding carboxylic acids is 1. The van der Waals surface area contributed by atoms with Crippen molar-refractivity contribution in [3.05, 3.63) is 35.9 Å². The van der Waals surface area contributed by atoms with Crippen LogP contribution in [0.25, 0.3) is 0 Å². The molecule has 1 atom stereocenters. The first-order chi connectivity index (χ1) is 13.2. The van der Waals surface area contributed by atoms with E-state index in [1.807, 2.05) is 30.3 Å². The van der Waals surface area contributed by atoms with Crippen LogP contribution in [0.4, 0.5) is 0 Å². The Labute approximate surface area is 167 Å². The van der Waals surface area contributed by atoms with Crippen LogP contribution < -0.4 is 5.32 Å². The Morgan fingerprint density at radius 2 is 1.30 bits per heavy atom. The normalized spacial score (nSPS) is 12.1. The van der Waals surface area contributed by atoms with Crippen LogP contribution in [0.5, 0.6) is 0 Å². The molecule has 1 amide bonds. The number of carbonyl (C=O) groups is 1. The molecule has 1 aromatic carbocycles. The highest BCUT2D eigenvalue weighted by atomic mass is 16.3. The summed E-state index contributed by atoms with van der Waals surface area (Å²) in [5.41, 5.74) is 0.846. The second kappa shape index (κ2) is 16.8. The zero-order valence-electron chi connectivity index (χ0n) is 17.4. The molecule has 0 fully saturated rings. The maximum Gasteiger partial charge on any atom is 0.220 e. The van der Waals surface area contributed by atoms with Gasteiger partial charge in [0.2, 0.25) is 5.91 Å². The van der Waals surface area contributed by atoms with Crippen molar-refractivity contribution in [1.29, 1.82) is 0 Å². The summed E-state index contributed by atoms with van der Waals surface area (Å²) in [6, 6.07) is 9.47. The lowest BCUT2D eigenvalue weighted by molar-refractivity contribution is -0.121. The maximum atomic E-state index is 11.9. The van der Waals surface area contributed by atoms with E-state index in [4.69, 9.17) is 0 Å². The van der Waals surface area contributed by atoms with Crippen LogP contribution in [0.2, 0.25) is 0 Å². The molecule has 0 aliphatic carbocycles. The highest BCUT2D eigenvalue weighted by Crippen LogP contribution is 2.13. The summed E-state index contributed by atoms with van der Waals surface area (Å²) < 4.78 is 0. The molecule has 0 aromatic heterocycles. The molecule has 0 radical (unpaired) electrons. The fourth-order valence-corrected chi connectivity index (χ4v) is 3.40. The number of aliphatic hydroxyl groups excluding tert-OH is 1. The van der Waals surface area contributed by atoms with Gasteiger partial charge in [-0.15, -0.1) is 0 Å². The Hall–Kier alpha value is -1.35. The molecule has 2 N–H and O–H groups in total. The second-order valence-corrected chi connectivity index (χ2v) is 7.72. The van der Waals surface area contributed by atoms with Crippen LogP contribution >= 0.6 is 0 Å². The molecule has 0 saturated heterocycles. The topological polar surface area (TPSA) is 49.3 Å². The van der Waals surface area contributed by atoms with Gasteiger partial charge in [0.05, 0.1) is 6.10 Å². The fraction of sp³-hybridized carbons (Fsp3) is 0.708. The number of aliphatic hydroxyl groups is 1. The number of hydrogen-bond acceptors (Lipinski definition) is 2. The highest BCUT2D eigenvalue weighted by molar-refractivity contribution is 5.75. The molecule has 3 nitrogen and oxygen atoms in total. The van der Waals surface area contributed by atoms with E-state index in [1.54, 1.807) is 0 Å². The van der Waals surface area contributed by atoms with Crippen LogP contribution in [-0.2, 0) is 4.79 Å². The van der Waals surface area contributed by atoms with Crippen LogP contribution in [0, 0.1) is 0 Å². The van der Waals surface area contributed by atoms with Gasteiger partial charge in [0.1, 0.15) is 0 Å². The van der Waals surface area contributed by atoms with E-state index in [9.17, 15) is 9.90 Å². The van der Waals surface area contributed by atoms with E-state index in [1.165, 1.54) is 70.6 Å². The smallest absolute Gasteiger partial charge is 0.220 e. The van der Waals surface area contributed by atoms with E-state index < -0.39 is 6.10 Å². The van der Waals surface area contributed by atoms with Crippen molar-refractivity contribution >= 4 is 5.91 Å². The molecule has 0 saturated carbocycles. The molecule has 1 unspecified atom stereocenters. The summed E-state index contributed by atoms with van der Waals surface area (Å²) in [5.74, 6) is 0.0491. The van der Waals surface area contributed by atoms with Gasteiger partial charge in [-0.25, -0.2) is 0 Å².